The van der Waals surface area contributed by atoms with Gasteiger partial charge >= 0.3 is 0 Å². The Kier molecular flexibility index (Phi) is 4.83. The lowest BCUT2D eigenvalue weighted by atomic mass is 9.64. The monoisotopic (exact) mass is 425 g/mol. The Hall–Kier alpha value is -2.47. The molecule has 1 fully saturated rings. The van der Waals surface area contributed by atoms with E-state index in [9.17, 15) is 9.59 Å². The standard InChI is InChI=1S/C21H20BrN3O2/c22-17-8-6-16(7-9-17)21(10-3-11-21)14-23-19(26)13-25-20(27)18-5-2-1-4-15(18)12-24-25/h1-2,4-9,12H,3,10-11,13-14H2,(H,23,26). The van der Waals surface area contributed by atoms with Crippen molar-refractivity contribution in [2.75, 3.05) is 6.54 Å². The maximum Gasteiger partial charge on any atom is 0.275 e. The van der Waals surface area contributed by atoms with Crippen LogP contribution in [0.25, 0.3) is 10.8 Å². The molecule has 0 saturated heterocycles. The number of nitrogens with zero attached hydrogens (tertiary/aromatic N) is 2. The van der Waals surface area contributed by atoms with Crippen molar-refractivity contribution in [1.29, 1.82) is 0 Å². The number of halogens is 1. The minimum absolute atomic E-state index is 0.00185. The quantitative estimate of drug-likeness (QED) is 0.681. The minimum atomic E-state index is -0.241. The fourth-order valence-corrected chi connectivity index (χ4v) is 3.94. The molecule has 0 aliphatic heterocycles. The van der Waals surface area contributed by atoms with E-state index < -0.39 is 0 Å². The molecule has 1 aliphatic rings. The van der Waals surface area contributed by atoms with Gasteiger partial charge < -0.3 is 5.32 Å². The van der Waals surface area contributed by atoms with E-state index in [4.69, 9.17) is 0 Å². The molecule has 0 spiro atoms. The number of aromatic nitrogens is 2. The van der Waals surface area contributed by atoms with Crippen molar-refractivity contribution < 1.29 is 4.79 Å². The average Bonchev–Trinajstić information content (AvgIpc) is 2.65. The molecule has 0 radical (unpaired) electrons. The highest BCUT2D eigenvalue weighted by Crippen LogP contribution is 2.43. The van der Waals surface area contributed by atoms with Gasteiger partial charge in [-0.1, -0.05) is 52.7 Å². The SMILES string of the molecule is O=C(Cn1ncc2ccccc2c1=O)NCC1(c2ccc(Br)cc2)CCC1. The smallest absolute Gasteiger partial charge is 0.275 e. The Morgan fingerprint density at radius 1 is 1.15 bits per heavy atom. The highest BCUT2D eigenvalue weighted by molar-refractivity contribution is 9.10. The molecule has 1 N–H and O–H groups in total. The summed E-state index contributed by atoms with van der Waals surface area (Å²) in [6, 6.07) is 15.6. The van der Waals surface area contributed by atoms with E-state index in [1.807, 2.05) is 30.3 Å². The van der Waals surface area contributed by atoms with Gasteiger partial charge in [0, 0.05) is 21.8 Å². The van der Waals surface area contributed by atoms with E-state index in [1.165, 1.54) is 10.2 Å². The Balaban J connectivity index is 1.46. The molecule has 1 aliphatic carbocycles. The molecule has 5 nitrogen and oxygen atoms in total. The third kappa shape index (κ3) is 3.54. The molecular weight excluding hydrogens is 406 g/mol. The number of amides is 1. The number of benzene rings is 2. The molecule has 0 atom stereocenters. The van der Waals surface area contributed by atoms with Crippen LogP contribution in [0.3, 0.4) is 0 Å². The second kappa shape index (κ2) is 7.27. The second-order valence-corrected chi connectivity index (χ2v) is 8.03. The van der Waals surface area contributed by atoms with Crippen molar-refractivity contribution in [1.82, 2.24) is 15.1 Å². The third-order valence-electron chi connectivity index (χ3n) is 5.45. The molecular formula is C21H20BrN3O2. The minimum Gasteiger partial charge on any atom is -0.354 e. The molecule has 1 saturated carbocycles. The van der Waals surface area contributed by atoms with Crippen molar-refractivity contribution in [3.63, 3.8) is 0 Å². The molecule has 6 heteroatoms. The molecule has 1 heterocycles. The maximum absolute atomic E-state index is 12.5. The van der Waals surface area contributed by atoms with Gasteiger partial charge in [0.15, 0.2) is 0 Å². The van der Waals surface area contributed by atoms with Crippen molar-refractivity contribution in [2.45, 2.75) is 31.2 Å². The van der Waals surface area contributed by atoms with Gasteiger partial charge in [-0.15, -0.1) is 0 Å². The topological polar surface area (TPSA) is 64.0 Å². The summed E-state index contributed by atoms with van der Waals surface area (Å²) in [6.07, 6.45) is 4.91. The van der Waals surface area contributed by atoms with E-state index >= 15 is 0 Å². The second-order valence-electron chi connectivity index (χ2n) is 7.11. The summed E-state index contributed by atoms with van der Waals surface area (Å²) in [7, 11) is 0. The van der Waals surface area contributed by atoms with E-state index in [0.717, 1.165) is 29.1 Å². The first-order valence-corrected chi connectivity index (χ1v) is 9.84. The van der Waals surface area contributed by atoms with Crippen LogP contribution >= 0.6 is 15.9 Å². The van der Waals surface area contributed by atoms with E-state index in [2.05, 4.69) is 38.5 Å². The van der Waals surface area contributed by atoms with Crippen LogP contribution in [0.1, 0.15) is 24.8 Å². The Morgan fingerprint density at radius 2 is 1.89 bits per heavy atom. The first kappa shape index (κ1) is 17.9. The van der Waals surface area contributed by atoms with Gasteiger partial charge in [0.05, 0.1) is 11.6 Å². The van der Waals surface area contributed by atoms with E-state index in [-0.39, 0.29) is 23.4 Å². The van der Waals surface area contributed by atoms with Crippen molar-refractivity contribution in [3.8, 4) is 0 Å². The molecule has 0 unspecified atom stereocenters. The van der Waals surface area contributed by atoms with Crippen LogP contribution in [0.2, 0.25) is 0 Å². The first-order valence-electron chi connectivity index (χ1n) is 9.05. The zero-order chi connectivity index (χ0) is 18.9. The summed E-state index contributed by atoms with van der Waals surface area (Å²) in [5.41, 5.74) is 1.01. The Morgan fingerprint density at radius 3 is 2.59 bits per heavy atom. The van der Waals surface area contributed by atoms with Crippen LogP contribution in [0.15, 0.2) is 64.0 Å². The summed E-state index contributed by atoms with van der Waals surface area (Å²) in [5.74, 6) is -0.191. The molecule has 3 aromatic rings. The van der Waals surface area contributed by atoms with Crippen molar-refractivity contribution in [3.05, 3.63) is 75.1 Å². The van der Waals surface area contributed by atoms with Gasteiger partial charge in [-0.05, 0) is 36.6 Å². The summed E-state index contributed by atoms with van der Waals surface area (Å²) in [5, 5.41) is 8.50. The van der Waals surface area contributed by atoms with E-state index in [0.29, 0.717) is 11.9 Å². The van der Waals surface area contributed by atoms with Crippen molar-refractivity contribution in [2.24, 2.45) is 0 Å². The lowest BCUT2D eigenvalue weighted by Crippen LogP contribution is -2.46. The fraction of sp³-hybridized carbons (Fsp3) is 0.286. The Bertz CT molecular complexity index is 1040. The zero-order valence-corrected chi connectivity index (χ0v) is 16.4. The molecule has 4 rings (SSSR count). The van der Waals surface area contributed by atoms with Crippen molar-refractivity contribution >= 4 is 32.6 Å². The molecule has 1 aromatic heterocycles. The lowest BCUT2D eigenvalue weighted by Gasteiger charge is -2.42. The largest absolute Gasteiger partial charge is 0.354 e. The number of rotatable bonds is 5. The number of hydrogen-bond acceptors (Lipinski definition) is 3. The Labute approximate surface area is 165 Å². The summed E-state index contributed by atoms with van der Waals surface area (Å²) >= 11 is 3.47. The lowest BCUT2D eigenvalue weighted by molar-refractivity contribution is -0.122. The van der Waals surface area contributed by atoms with Crippen LogP contribution in [0.5, 0.6) is 0 Å². The van der Waals surface area contributed by atoms with Gasteiger partial charge in [-0.2, -0.15) is 5.10 Å². The molecule has 138 valence electrons. The van der Waals surface area contributed by atoms with Crippen LogP contribution < -0.4 is 10.9 Å². The predicted octanol–water partition coefficient (Wildman–Crippen LogP) is 3.40. The maximum atomic E-state index is 12.5. The number of hydrogen-bond donors (Lipinski definition) is 1. The average molecular weight is 426 g/mol. The van der Waals surface area contributed by atoms with Gasteiger partial charge in [-0.25, -0.2) is 4.68 Å². The summed E-state index contributed by atoms with van der Waals surface area (Å²) in [6.45, 7) is 0.510. The van der Waals surface area contributed by atoms with Gasteiger partial charge in [-0.3, -0.25) is 9.59 Å². The highest BCUT2D eigenvalue weighted by atomic mass is 79.9. The number of fused-ring (bicyclic) bond motifs is 1. The number of nitrogens with one attached hydrogen (secondary N) is 1. The van der Waals surface area contributed by atoms with E-state index in [1.54, 1.807) is 12.3 Å². The first-order chi connectivity index (χ1) is 13.1. The fourth-order valence-electron chi connectivity index (χ4n) is 3.67. The summed E-state index contributed by atoms with van der Waals surface area (Å²) in [4.78, 5) is 25.0. The molecule has 1 amide bonds. The molecule has 27 heavy (non-hydrogen) atoms. The molecule has 2 aromatic carbocycles. The van der Waals surface area contributed by atoms with Gasteiger partial charge in [0.2, 0.25) is 5.91 Å². The van der Waals surface area contributed by atoms with Crippen LogP contribution in [0.4, 0.5) is 0 Å². The van der Waals surface area contributed by atoms with Crippen LogP contribution in [-0.4, -0.2) is 22.2 Å². The molecule has 0 bridgehead atoms. The van der Waals surface area contributed by atoms with Crippen LogP contribution in [0, 0.1) is 0 Å². The summed E-state index contributed by atoms with van der Waals surface area (Å²) < 4.78 is 2.27. The highest BCUT2D eigenvalue weighted by Gasteiger charge is 2.38. The van der Waals surface area contributed by atoms with Gasteiger partial charge in [0.25, 0.3) is 5.56 Å². The number of carbonyl (C=O) groups excluding carboxylic acids is 1. The van der Waals surface area contributed by atoms with Crippen LogP contribution in [-0.2, 0) is 16.8 Å². The predicted molar refractivity (Wildman–Crippen MR) is 109 cm³/mol. The number of carbonyl (C=O) groups is 1. The zero-order valence-electron chi connectivity index (χ0n) is 14.8. The van der Waals surface area contributed by atoms with Gasteiger partial charge in [0.1, 0.15) is 6.54 Å². The third-order valence-corrected chi connectivity index (χ3v) is 5.98. The normalized spacial score (nSPS) is 15.3.